The van der Waals surface area contributed by atoms with Crippen LogP contribution in [0.3, 0.4) is 0 Å². The van der Waals surface area contributed by atoms with E-state index in [1.807, 2.05) is 0 Å². The van der Waals surface area contributed by atoms with E-state index in [0.717, 1.165) is 10.9 Å². The second kappa shape index (κ2) is 5.57. The van der Waals surface area contributed by atoms with Crippen LogP contribution < -0.4 is 5.32 Å². The molecule has 8 heteroatoms. The summed E-state index contributed by atoms with van der Waals surface area (Å²) >= 11 is 6.86. The maximum absolute atomic E-state index is 13.7. The van der Waals surface area contributed by atoms with Crippen molar-refractivity contribution in [3.05, 3.63) is 44.6 Å². The molecule has 0 amide bonds. The van der Waals surface area contributed by atoms with Crippen LogP contribution in [0.4, 0.5) is 23.2 Å². The molecule has 1 N–H and O–H groups in total. The summed E-state index contributed by atoms with van der Waals surface area (Å²) in [5.41, 5.74) is -0.995. The third-order valence-electron chi connectivity index (χ3n) is 2.60. The first-order valence-electron chi connectivity index (χ1n) is 5.49. The highest BCUT2D eigenvalue weighted by Crippen LogP contribution is 2.34. The summed E-state index contributed by atoms with van der Waals surface area (Å²) in [5.74, 6) is -0.946. The number of nitrogens with one attached hydrogen (secondary N) is 1. The lowest BCUT2D eigenvalue weighted by molar-refractivity contribution is -0.138. The van der Waals surface area contributed by atoms with E-state index in [4.69, 9.17) is 11.6 Å². The van der Waals surface area contributed by atoms with Crippen molar-refractivity contribution in [3.63, 3.8) is 0 Å². The van der Waals surface area contributed by atoms with Crippen LogP contribution in [0.15, 0.2) is 18.3 Å². The van der Waals surface area contributed by atoms with E-state index in [9.17, 15) is 17.6 Å². The highest BCUT2D eigenvalue weighted by molar-refractivity contribution is 7.15. The molecule has 1 aromatic carbocycles. The quantitative estimate of drug-likeness (QED) is 0.814. The Hall–Kier alpha value is -1.34. The monoisotopic (exact) mass is 324 g/mol. The number of hydrogen-bond acceptors (Lipinski definition) is 3. The van der Waals surface area contributed by atoms with Gasteiger partial charge in [-0.2, -0.15) is 13.2 Å². The van der Waals surface area contributed by atoms with Crippen LogP contribution in [0.2, 0.25) is 4.47 Å². The van der Waals surface area contributed by atoms with Crippen LogP contribution in [0.1, 0.15) is 16.0 Å². The summed E-state index contributed by atoms with van der Waals surface area (Å²) in [6, 6.07) is 1.64. The van der Waals surface area contributed by atoms with Gasteiger partial charge in [0.1, 0.15) is 5.82 Å². The lowest BCUT2D eigenvalue weighted by atomic mass is 10.1. The van der Waals surface area contributed by atoms with E-state index in [-0.39, 0.29) is 17.8 Å². The number of thiazole rings is 1. The van der Waals surface area contributed by atoms with Crippen LogP contribution in [-0.4, -0.2) is 4.98 Å². The number of anilines is 1. The molecule has 0 aliphatic carbocycles. The van der Waals surface area contributed by atoms with Crippen molar-refractivity contribution in [2.45, 2.75) is 19.6 Å². The summed E-state index contributed by atoms with van der Waals surface area (Å²) < 4.78 is 51.8. The Morgan fingerprint density at radius 3 is 2.60 bits per heavy atom. The van der Waals surface area contributed by atoms with Gasteiger partial charge in [0, 0.05) is 11.1 Å². The molecule has 108 valence electrons. The van der Waals surface area contributed by atoms with E-state index in [0.29, 0.717) is 10.5 Å². The highest BCUT2D eigenvalue weighted by atomic mass is 35.5. The van der Waals surface area contributed by atoms with Crippen LogP contribution >= 0.6 is 22.9 Å². The molecule has 0 aliphatic heterocycles. The van der Waals surface area contributed by atoms with E-state index >= 15 is 0 Å². The minimum atomic E-state index is -4.56. The number of halogens is 5. The molecule has 2 rings (SSSR count). The minimum absolute atomic E-state index is 0.0139. The fourth-order valence-electron chi connectivity index (χ4n) is 1.67. The molecular formula is C12H9ClF4N2S. The minimum Gasteiger partial charge on any atom is -0.378 e. The maximum atomic E-state index is 13.7. The molecule has 2 nitrogen and oxygen atoms in total. The number of benzene rings is 1. The molecule has 1 heterocycles. The van der Waals surface area contributed by atoms with Gasteiger partial charge in [-0.1, -0.05) is 11.6 Å². The van der Waals surface area contributed by atoms with Crippen LogP contribution in [-0.2, 0) is 12.7 Å². The van der Waals surface area contributed by atoms with E-state index in [1.54, 1.807) is 0 Å². The molecule has 0 saturated heterocycles. The van der Waals surface area contributed by atoms with Gasteiger partial charge >= 0.3 is 6.18 Å². The smallest absolute Gasteiger partial charge is 0.378 e. The Kier molecular flexibility index (Phi) is 4.19. The molecule has 20 heavy (non-hydrogen) atoms. The summed E-state index contributed by atoms with van der Waals surface area (Å²) in [5, 5.41) is 2.73. The van der Waals surface area contributed by atoms with Gasteiger partial charge in [-0.05, 0) is 24.6 Å². The molecule has 0 spiro atoms. The predicted molar refractivity (Wildman–Crippen MR) is 70.6 cm³/mol. The number of hydrogen-bond donors (Lipinski definition) is 1. The zero-order chi connectivity index (χ0) is 14.9. The third-order valence-corrected chi connectivity index (χ3v) is 3.71. The van der Waals surface area contributed by atoms with Crippen molar-refractivity contribution < 1.29 is 17.6 Å². The second-order valence-electron chi connectivity index (χ2n) is 4.08. The molecule has 2 aromatic rings. The number of nitrogens with zero attached hydrogens (tertiary/aromatic N) is 1. The molecule has 1 aromatic heterocycles. The first-order chi connectivity index (χ1) is 9.27. The summed E-state index contributed by atoms with van der Waals surface area (Å²) in [4.78, 5) is 4.57. The number of rotatable bonds is 3. The molecular weight excluding hydrogens is 316 g/mol. The predicted octanol–water partition coefficient (Wildman–Crippen LogP) is 4.87. The average Bonchev–Trinajstić information content (AvgIpc) is 2.74. The number of aromatic nitrogens is 1. The Labute approximate surface area is 121 Å². The summed E-state index contributed by atoms with van der Waals surface area (Å²) in [6.07, 6.45) is -3.04. The van der Waals surface area contributed by atoms with Gasteiger partial charge in [0.15, 0.2) is 4.47 Å². The average molecular weight is 325 g/mol. The second-order valence-corrected chi connectivity index (χ2v) is 5.78. The van der Waals surface area contributed by atoms with E-state index < -0.39 is 17.6 Å². The Morgan fingerprint density at radius 1 is 1.35 bits per heavy atom. The highest BCUT2D eigenvalue weighted by Gasteiger charge is 2.33. The zero-order valence-corrected chi connectivity index (χ0v) is 11.8. The lowest BCUT2D eigenvalue weighted by Gasteiger charge is -2.13. The number of alkyl halides is 3. The van der Waals surface area contributed by atoms with Crippen molar-refractivity contribution in [3.8, 4) is 0 Å². The number of aryl methyl sites for hydroxylation is 1. The van der Waals surface area contributed by atoms with Gasteiger partial charge in [0.2, 0.25) is 0 Å². The largest absolute Gasteiger partial charge is 0.416 e. The topological polar surface area (TPSA) is 24.9 Å². The normalized spacial score (nSPS) is 11.7. The fraction of sp³-hybridized carbons (Fsp3) is 0.250. The molecule has 0 radical (unpaired) electrons. The summed E-state index contributed by atoms with van der Waals surface area (Å²) in [6.45, 7) is 1.53. The first kappa shape index (κ1) is 15.1. The molecule has 0 atom stereocenters. The van der Waals surface area contributed by atoms with Gasteiger partial charge in [-0.25, -0.2) is 9.37 Å². The zero-order valence-electron chi connectivity index (χ0n) is 10.2. The third kappa shape index (κ3) is 3.40. The van der Waals surface area contributed by atoms with Crippen LogP contribution in [0, 0.1) is 12.7 Å². The van der Waals surface area contributed by atoms with Crippen molar-refractivity contribution in [1.29, 1.82) is 0 Å². The van der Waals surface area contributed by atoms with Crippen molar-refractivity contribution in [2.75, 3.05) is 5.32 Å². The van der Waals surface area contributed by atoms with Crippen molar-refractivity contribution >= 4 is 28.6 Å². The fourth-order valence-corrected chi connectivity index (χ4v) is 2.59. The Bertz CT molecular complexity index is 624. The molecule has 0 aliphatic rings. The summed E-state index contributed by atoms with van der Waals surface area (Å²) in [7, 11) is 0. The van der Waals surface area contributed by atoms with Crippen molar-refractivity contribution in [1.82, 2.24) is 4.98 Å². The van der Waals surface area contributed by atoms with Crippen molar-refractivity contribution in [2.24, 2.45) is 0 Å². The van der Waals surface area contributed by atoms with Gasteiger partial charge < -0.3 is 5.32 Å². The molecule has 0 saturated carbocycles. The SMILES string of the molecule is Cc1cc(NCc2cnc(Cl)s2)c(F)cc1C(F)(F)F. The van der Waals surface area contributed by atoms with Crippen LogP contribution in [0.25, 0.3) is 0 Å². The van der Waals surface area contributed by atoms with Gasteiger partial charge in [0.05, 0.1) is 17.8 Å². The van der Waals surface area contributed by atoms with E-state index in [1.165, 1.54) is 24.5 Å². The molecule has 0 unspecified atom stereocenters. The van der Waals surface area contributed by atoms with Gasteiger partial charge in [0.25, 0.3) is 0 Å². The Morgan fingerprint density at radius 2 is 2.05 bits per heavy atom. The lowest BCUT2D eigenvalue weighted by Crippen LogP contribution is -2.10. The van der Waals surface area contributed by atoms with Gasteiger partial charge in [-0.3, -0.25) is 0 Å². The maximum Gasteiger partial charge on any atom is 0.416 e. The van der Waals surface area contributed by atoms with Crippen LogP contribution in [0.5, 0.6) is 0 Å². The molecule has 0 fully saturated rings. The van der Waals surface area contributed by atoms with Gasteiger partial charge in [-0.15, -0.1) is 11.3 Å². The first-order valence-corrected chi connectivity index (χ1v) is 6.68. The van der Waals surface area contributed by atoms with E-state index in [2.05, 4.69) is 10.3 Å². The molecule has 0 bridgehead atoms. The standard InChI is InChI=1S/C12H9ClF4N2S/c1-6-2-10(9(14)3-8(6)12(15,16)17)18-4-7-5-19-11(13)20-7/h2-3,5,18H,4H2,1H3. The Balaban J connectivity index is 2.19.